The van der Waals surface area contributed by atoms with Crippen LogP contribution in [-0.4, -0.2) is 0 Å². The Hall–Kier alpha value is -0.0900. The molecule has 0 saturated heterocycles. The van der Waals surface area contributed by atoms with E-state index in [4.69, 9.17) is 0 Å². The van der Waals surface area contributed by atoms with E-state index >= 15 is 0 Å². The van der Waals surface area contributed by atoms with Gasteiger partial charge in [-0.3, -0.25) is 0 Å². The molecule has 2 atom stereocenters. The Bertz CT molecular complexity index is 281. The lowest BCUT2D eigenvalue weighted by atomic mass is 9.70. The van der Waals surface area contributed by atoms with Gasteiger partial charge < -0.3 is 0 Å². The van der Waals surface area contributed by atoms with Crippen LogP contribution in [0.15, 0.2) is 23.0 Å². The average Bonchev–Trinajstić information content (AvgIpc) is 2.27. The van der Waals surface area contributed by atoms with Gasteiger partial charge in [0.05, 0.1) is 0 Å². The van der Waals surface area contributed by atoms with Gasteiger partial charge in [0.1, 0.15) is 0 Å². The van der Waals surface area contributed by atoms with Crippen molar-refractivity contribution in [3.8, 4) is 0 Å². The highest BCUT2D eigenvalue weighted by Gasteiger charge is 2.35. The van der Waals surface area contributed by atoms with Crippen LogP contribution in [0.4, 0.5) is 0 Å². The highest BCUT2D eigenvalue weighted by Crippen LogP contribution is 2.48. The number of rotatable bonds is 0. The fraction of sp³-hybridized carbons (Fsp3) is 0.692. The summed E-state index contributed by atoms with van der Waals surface area (Å²) < 4.78 is 0. The SMILES string of the molecule is CC(C)(C)C1=C(P)C=CC1C(C)(C)C. The van der Waals surface area contributed by atoms with E-state index in [9.17, 15) is 0 Å². The molecule has 0 spiro atoms. The summed E-state index contributed by atoms with van der Waals surface area (Å²) in [5.74, 6) is 0.593. The van der Waals surface area contributed by atoms with Crippen LogP contribution in [0.2, 0.25) is 0 Å². The molecule has 80 valence electrons. The third-order valence-electron chi connectivity index (χ3n) is 2.83. The molecule has 2 unspecified atom stereocenters. The van der Waals surface area contributed by atoms with Gasteiger partial charge in [-0.2, -0.15) is 0 Å². The fourth-order valence-electron chi connectivity index (χ4n) is 2.19. The van der Waals surface area contributed by atoms with Gasteiger partial charge in [-0.25, -0.2) is 0 Å². The molecule has 0 amide bonds. The number of allylic oxidation sites excluding steroid dienone is 4. The molecule has 1 heteroatoms. The molecule has 1 aliphatic carbocycles. The number of hydrogen-bond donors (Lipinski definition) is 0. The lowest BCUT2D eigenvalue weighted by molar-refractivity contribution is 0.292. The third-order valence-corrected chi connectivity index (χ3v) is 3.33. The first-order chi connectivity index (χ1) is 6.14. The third kappa shape index (κ3) is 2.28. The largest absolute Gasteiger partial charge is 0.106 e. The lowest BCUT2D eigenvalue weighted by Crippen LogP contribution is -2.26. The van der Waals surface area contributed by atoms with Crippen LogP contribution >= 0.6 is 9.24 Å². The highest BCUT2D eigenvalue weighted by molar-refractivity contribution is 7.23. The van der Waals surface area contributed by atoms with Crippen molar-refractivity contribution in [2.75, 3.05) is 0 Å². The summed E-state index contributed by atoms with van der Waals surface area (Å²) in [6.45, 7) is 13.9. The van der Waals surface area contributed by atoms with Gasteiger partial charge in [-0.15, -0.1) is 9.24 Å². The summed E-state index contributed by atoms with van der Waals surface area (Å²) >= 11 is 0. The molecule has 1 rings (SSSR count). The monoisotopic (exact) mass is 210 g/mol. The molecule has 0 fully saturated rings. The molecular formula is C13H23P. The summed E-state index contributed by atoms with van der Waals surface area (Å²) in [6, 6.07) is 0. The molecule has 0 aromatic carbocycles. The Morgan fingerprint density at radius 2 is 1.57 bits per heavy atom. The van der Waals surface area contributed by atoms with Crippen molar-refractivity contribution in [2.24, 2.45) is 16.7 Å². The Kier molecular flexibility index (Phi) is 2.99. The summed E-state index contributed by atoms with van der Waals surface area (Å²) in [6.07, 6.45) is 4.60. The smallest absolute Gasteiger partial charge is 0.00431 e. The van der Waals surface area contributed by atoms with E-state index in [0.29, 0.717) is 11.3 Å². The molecule has 0 radical (unpaired) electrons. The molecule has 0 heterocycles. The second kappa shape index (κ2) is 3.49. The van der Waals surface area contributed by atoms with Gasteiger partial charge in [-0.05, 0) is 16.1 Å². The van der Waals surface area contributed by atoms with E-state index in [0.717, 1.165) is 0 Å². The minimum atomic E-state index is 0.276. The maximum Gasteiger partial charge on any atom is 0.00431 e. The zero-order valence-electron chi connectivity index (χ0n) is 10.3. The van der Waals surface area contributed by atoms with Gasteiger partial charge in [0.25, 0.3) is 0 Å². The van der Waals surface area contributed by atoms with Crippen molar-refractivity contribution < 1.29 is 0 Å². The van der Waals surface area contributed by atoms with Crippen molar-refractivity contribution in [3.63, 3.8) is 0 Å². The van der Waals surface area contributed by atoms with Crippen molar-refractivity contribution >= 4 is 9.24 Å². The quantitative estimate of drug-likeness (QED) is 0.520. The van der Waals surface area contributed by atoms with E-state index in [1.807, 2.05) is 0 Å². The maximum atomic E-state index is 2.87. The predicted octanol–water partition coefficient (Wildman–Crippen LogP) is 4.39. The van der Waals surface area contributed by atoms with Gasteiger partial charge in [0.15, 0.2) is 0 Å². The zero-order chi connectivity index (χ0) is 11.1. The molecule has 0 N–H and O–H groups in total. The van der Waals surface area contributed by atoms with Crippen LogP contribution in [0, 0.1) is 16.7 Å². The summed E-state index contributed by atoms with van der Waals surface area (Å²) in [4.78, 5) is 0. The first-order valence-electron chi connectivity index (χ1n) is 5.32. The van der Waals surface area contributed by atoms with E-state index < -0.39 is 0 Å². The molecule has 0 bridgehead atoms. The number of hydrogen-bond acceptors (Lipinski definition) is 0. The Morgan fingerprint density at radius 1 is 1.07 bits per heavy atom. The highest BCUT2D eigenvalue weighted by atomic mass is 31.0. The van der Waals surface area contributed by atoms with Gasteiger partial charge in [-0.1, -0.05) is 59.3 Å². The van der Waals surface area contributed by atoms with Crippen LogP contribution in [0.1, 0.15) is 41.5 Å². The molecule has 0 aliphatic heterocycles. The topological polar surface area (TPSA) is 0 Å². The molecule has 0 aromatic heterocycles. The zero-order valence-corrected chi connectivity index (χ0v) is 11.5. The van der Waals surface area contributed by atoms with Crippen LogP contribution in [0.3, 0.4) is 0 Å². The van der Waals surface area contributed by atoms with Crippen LogP contribution < -0.4 is 0 Å². The second-order valence-corrected chi connectivity index (χ2v) is 6.94. The Morgan fingerprint density at radius 3 is 1.86 bits per heavy atom. The van der Waals surface area contributed by atoms with Crippen LogP contribution in [0.5, 0.6) is 0 Å². The minimum Gasteiger partial charge on any atom is -0.106 e. The Balaban J connectivity index is 3.10. The average molecular weight is 210 g/mol. The van der Waals surface area contributed by atoms with Gasteiger partial charge in [0.2, 0.25) is 0 Å². The molecule has 0 aromatic rings. The van der Waals surface area contributed by atoms with Gasteiger partial charge >= 0.3 is 0 Å². The lowest BCUT2D eigenvalue weighted by Gasteiger charge is -2.35. The van der Waals surface area contributed by atoms with E-state index in [-0.39, 0.29) is 5.41 Å². The second-order valence-electron chi connectivity index (χ2n) is 6.32. The van der Waals surface area contributed by atoms with Crippen LogP contribution in [-0.2, 0) is 0 Å². The normalized spacial score (nSPS) is 23.5. The van der Waals surface area contributed by atoms with Crippen molar-refractivity contribution in [2.45, 2.75) is 41.5 Å². The van der Waals surface area contributed by atoms with Crippen molar-refractivity contribution in [3.05, 3.63) is 23.0 Å². The maximum absolute atomic E-state index is 2.87. The fourth-order valence-corrected chi connectivity index (χ4v) is 2.91. The van der Waals surface area contributed by atoms with Crippen LogP contribution in [0.25, 0.3) is 0 Å². The van der Waals surface area contributed by atoms with Gasteiger partial charge in [0, 0.05) is 5.92 Å². The van der Waals surface area contributed by atoms with Crippen molar-refractivity contribution in [1.29, 1.82) is 0 Å². The molecule has 1 aliphatic rings. The standard InChI is InChI=1S/C13H23P/c1-12(2,3)9-7-8-10(14)11(9)13(4,5)6/h7-9H,14H2,1-6H3. The first-order valence-corrected chi connectivity index (χ1v) is 5.90. The van der Waals surface area contributed by atoms with E-state index in [2.05, 4.69) is 62.9 Å². The summed E-state index contributed by atoms with van der Waals surface area (Å²) in [5.41, 5.74) is 2.19. The first kappa shape index (κ1) is 12.0. The van der Waals surface area contributed by atoms with E-state index in [1.165, 1.54) is 5.31 Å². The molecule has 0 nitrogen and oxygen atoms in total. The molecule has 0 saturated carbocycles. The van der Waals surface area contributed by atoms with Crippen molar-refractivity contribution in [1.82, 2.24) is 0 Å². The van der Waals surface area contributed by atoms with E-state index in [1.54, 1.807) is 5.57 Å². The minimum absolute atomic E-state index is 0.276. The Labute approximate surface area is 91.1 Å². The predicted molar refractivity (Wildman–Crippen MR) is 68.3 cm³/mol. The molecular weight excluding hydrogens is 187 g/mol. The summed E-state index contributed by atoms with van der Waals surface area (Å²) in [7, 11) is 2.87. The summed E-state index contributed by atoms with van der Waals surface area (Å²) in [5, 5.41) is 1.39. The molecule has 14 heavy (non-hydrogen) atoms.